The van der Waals surface area contributed by atoms with Gasteiger partial charge in [0.25, 0.3) is 0 Å². The van der Waals surface area contributed by atoms with Crippen molar-refractivity contribution in [1.82, 2.24) is 5.32 Å². The molecule has 2 nitrogen and oxygen atoms in total. The normalized spacial score (nSPS) is 13.1. The van der Waals surface area contributed by atoms with Crippen LogP contribution in [0.4, 0.5) is 0 Å². The van der Waals surface area contributed by atoms with E-state index in [2.05, 4.69) is 11.2 Å². The van der Waals surface area contributed by atoms with Gasteiger partial charge in [-0.2, -0.15) is 0 Å². The molecule has 0 bridgehead atoms. The lowest BCUT2D eigenvalue weighted by Crippen LogP contribution is -2.15. The Morgan fingerprint density at radius 2 is 2.07 bits per heavy atom. The molecule has 1 N–H and O–H groups in total. The first kappa shape index (κ1) is 15.5. The SMILES string of the molecule is C#CC1CCC1.CC.CCC(=O)NC.[HH]. The molecule has 0 saturated heterocycles. The molecule has 0 atom stereocenters. The lowest BCUT2D eigenvalue weighted by Gasteiger charge is -2.17. The number of carbonyl (C=O) groups is 1. The van der Waals surface area contributed by atoms with Crippen LogP contribution in [0, 0.1) is 18.3 Å². The molecule has 0 spiro atoms. The molecule has 0 unspecified atom stereocenters. The summed E-state index contributed by atoms with van der Waals surface area (Å²) >= 11 is 0. The quantitative estimate of drug-likeness (QED) is 0.646. The van der Waals surface area contributed by atoms with E-state index in [4.69, 9.17) is 6.42 Å². The average molecular weight is 199 g/mol. The van der Waals surface area contributed by atoms with E-state index < -0.39 is 0 Å². The Balaban J connectivity index is -0.000000156. The van der Waals surface area contributed by atoms with E-state index in [-0.39, 0.29) is 7.33 Å². The fraction of sp³-hybridized carbons (Fsp3) is 0.750. The van der Waals surface area contributed by atoms with Crippen LogP contribution in [0.25, 0.3) is 0 Å². The highest BCUT2D eigenvalue weighted by Crippen LogP contribution is 2.24. The summed E-state index contributed by atoms with van der Waals surface area (Å²) in [6.07, 6.45) is 9.57. The van der Waals surface area contributed by atoms with Crippen molar-refractivity contribution in [2.24, 2.45) is 5.92 Å². The Morgan fingerprint density at radius 1 is 1.57 bits per heavy atom. The summed E-state index contributed by atoms with van der Waals surface area (Å²) < 4.78 is 0. The van der Waals surface area contributed by atoms with Crippen LogP contribution in [0.2, 0.25) is 0 Å². The summed E-state index contributed by atoms with van der Waals surface area (Å²) in [5, 5.41) is 2.48. The van der Waals surface area contributed by atoms with Crippen LogP contribution in [0.3, 0.4) is 0 Å². The number of nitrogens with one attached hydrogen (secondary N) is 1. The topological polar surface area (TPSA) is 29.1 Å². The summed E-state index contributed by atoms with van der Waals surface area (Å²) in [6, 6.07) is 0. The molecule has 0 aliphatic heterocycles. The molecule has 1 rings (SSSR count). The lowest BCUT2D eigenvalue weighted by atomic mass is 9.87. The molecule has 1 aliphatic rings. The van der Waals surface area contributed by atoms with Crippen LogP contribution in [0.15, 0.2) is 0 Å². The lowest BCUT2D eigenvalue weighted by molar-refractivity contribution is -0.120. The maximum atomic E-state index is 10.1. The zero-order valence-corrected chi connectivity index (χ0v) is 9.89. The van der Waals surface area contributed by atoms with Crippen LogP contribution in [-0.4, -0.2) is 13.0 Å². The van der Waals surface area contributed by atoms with Crippen molar-refractivity contribution < 1.29 is 6.22 Å². The van der Waals surface area contributed by atoms with Crippen LogP contribution in [0.1, 0.15) is 47.9 Å². The van der Waals surface area contributed by atoms with Crippen molar-refractivity contribution in [2.75, 3.05) is 7.05 Å². The summed E-state index contributed by atoms with van der Waals surface area (Å²) in [5.41, 5.74) is 0. The van der Waals surface area contributed by atoms with Crippen molar-refractivity contribution in [3.05, 3.63) is 0 Å². The molecular weight excluding hydrogens is 174 g/mol. The molecule has 0 aromatic rings. The van der Waals surface area contributed by atoms with Gasteiger partial charge >= 0.3 is 0 Å². The maximum absolute atomic E-state index is 10.1. The number of rotatable bonds is 1. The summed E-state index contributed by atoms with van der Waals surface area (Å²) in [6.45, 7) is 5.82. The van der Waals surface area contributed by atoms with Crippen LogP contribution in [-0.2, 0) is 4.79 Å². The second-order valence-corrected chi connectivity index (χ2v) is 2.82. The van der Waals surface area contributed by atoms with Crippen molar-refractivity contribution in [3.8, 4) is 12.3 Å². The molecule has 0 heterocycles. The fourth-order valence-corrected chi connectivity index (χ4v) is 0.752. The highest BCUT2D eigenvalue weighted by atomic mass is 16.1. The molecule has 0 aromatic carbocycles. The van der Waals surface area contributed by atoms with Gasteiger partial charge in [-0.25, -0.2) is 0 Å². The molecule has 14 heavy (non-hydrogen) atoms. The van der Waals surface area contributed by atoms with Gasteiger partial charge in [0.05, 0.1) is 0 Å². The van der Waals surface area contributed by atoms with Crippen molar-refractivity contribution >= 4 is 5.91 Å². The molecule has 0 aromatic heterocycles. The maximum Gasteiger partial charge on any atom is 0.219 e. The van der Waals surface area contributed by atoms with Gasteiger partial charge in [0.1, 0.15) is 0 Å². The summed E-state index contributed by atoms with van der Waals surface area (Å²) in [5.74, 6) is 3.44. The molecule has 2 heteroatoms. The predicted molar refractivity (Wildman–Crippen MR) is 64.0 cm³/mol. The number of amides is 1. The van der Waals surface area contributed by atoms with Crippen molar-refractivity contribution in [2.45, 2.75) is 46.5 Å². The van der Waals surface area contributed by atoms with Gasteiger partial charge in [0.15, 0.2) is 0 Å². The summed E-state index contributed by atoms with van der Waals surface area (Å²) in [7, 11) is 1.63. The van der Waals surface area contributed by atoms with Gasteiger partial charge in [-0.1, -0.05) is 27.2 Å². The van der Waals surface area contributed by atoms with Crippen molar-refractivity contribution in [3.63, 3.8) is 0 Å². The second-order valence-electron chi connectivity index (χ2n) is 2.82. The fourth-order valence-electron chi connectivity index (χ4n) is 0.752. The van der Waals surface area contributed by atoms with Crippen LogP contribution in [0.5, 0.6) is 0 Å². The molecule has 1 saturated carbocycles. The molecular formula is C12H25NO. The van der Waals surface area contributed by atoms with E-state index in [0.717, 1.165) is 0 Å². The van der Waals surface area contributed by atoms with Gasteiger partial charge in [0.2, 0.25) is 5.91 Å². The minimum atomic E-state index is 0. The Kier molecular flexibility index (Phi) is 13.3. The number of hydrogen-bond acceptors (Lipinski definition) is 1. The zero-order valence-electron chi connectivity index (χ0n) is 9.89. The van der Waals surface area contributed by atoms with E-state index in [1.54, 1.807) is 7.05 Å². The number of hydrogen-bond donors (Lipinski definition) is 1. The first-order valence-electron chi connectivity index (χ1n) is 5.41. The van der Waals surface area contributed by atoms with Gasteiger partial charge in [-0.15, -0.1) is 12.3 Å². The average Bonchev–Trinajstić information content (AvgIpc) is 2.19. The summed E-state index contributed by atoms with van der Waals surface area (Å²) in [4.78, 5) is 10.1. The largest absolute Gasteiger partial charge is 0.359 e. The zero-order chi connectivity index (χ0) is 11.4. The van der Waals surface area contributed by atoms with Gasteiger partial charge < -0.3 is 5.32 Å². The highest BCUT2D eigenvalue weighted by molar-refractivity contribution is 5.74. The standard InChI is InChI=1S/C6H8.C4H9NO.C2H6.H2/c1-2-6-4-3-5-6;1-3-4(6)5-2;1-2;/h1,6H,3-5H2;3H2,1-2H3,(H,5,6);1-2H3;1H. The monoisotopic (exact) mass is 199 g/mol. The highest BCUT2D eigenvalue weighted by Gasteiger charge is 2.12. The van der Waals surface area contributed by atoms with Crippen molar-refractivity contribution in [1.29, 1.82) is 0 Å². The minimum Gasteiger partial charge on any atom is -0.359 e. The first-order chi connectivity index (χ1) is 6.74. The molecule has 1 amide bonds. The third kappa shape index (κ3) is 9.12. The van der Waals surface area contributed by atoms with Gasteiger partial charge in [-0.3, -0.25) is 4.79 Å². The Hall–Kier alpha value is -0.970. The Morgan fingerprint density at radius 3 is 2.07 bits per heavy atom. The third-order valence-corrected chi connectivity index (χ3v) is 1.94. The predicted octanol–water partition coefficient (Wildman–Crippen LogP) is 2.83. The van der Waals surface area contributed by atoms with E-state index in [1.165, 1.54) is 19.3 Å². The van der Waals surface area contributed by atoms with Crippen LogP contribution >= 0.6 is 0 Å². The van der Waals surface area contributed by atoms with E-state index in [1.807, 2.05) is 20.8 Å². The van der Waals surface area contributed by atoms with E-state index >= 15 is 0 Å². The number of terminal acetylenes is 1. The van der Waals surface area contributed by atoms with E-state index in [9.17, 15) is 4.79 Å². The smallest absolute Gasteiger partial charge is 0.219 e. The third-order valence-electron chi connectivity index (χ3n) is 1.94. The van der Waals surface area contributed by atoms with E-state index in [0.29, 0.717) is 12.3 Å². The van der Waals surface area contributed by atoms with Crippen LogP contribution < -0.4 is 5.32 Å². The Bertz CT molecular complexity index is 165. The second kappa shape index (κ2) is 12.0. The Labute approximate surface area is 90.0 Å². The van der Waals surface area contributed by atoms with Gasteiger partial charge in [0, 0.05) is 20.8 Å². The molecule has 1 aliphatic carbocycles. The first-order valence-corrected chi connectivity index (χ1v) is 5.41. The van der Waals surface area contributed by atoms with Gasteiger partial charge in [-0.05, 0) is 12.8 Å². The number of carbonyl (C=O) groups excluding carboxylic acids is 1. The molecule has 84 valence electrons. The molecule has 1 fully saturated rings. The minimum absolute atomic E-state index is 0. The molecule has 0 radical (unpaired) electrons.